The molecule has 0 aliphatic heterocycles. The maximum atomic E-state index is 11.4. The van der Waals surface area contributed by atoms with Gasteiger partial charge in [0, 0.05) is 31.4 Å². The number of carbonyl (C=O) groups is 1. The van der Waals surface area contributed by atoms with Crippen molar-refractivity contribution in [1.82, 2.24) is 15.1 Å². The number of aromatic nitrogens is 2. The summed E-state index contributed by atoms with van der Waals surface area (Å²) < 4.78 is 1.88. The van der Waals surface area contributed by atoms with Gasteiger partial charge in [-0.2, -0.15) is 5.10 Å². The molecule has 1 aromatic rings. The third kappa shape index (κ3) is 2.81. The summed E-state index contributed by atoms with van der Waals surface area (Å²) in [7, 11) is 0. The summed E-state index contributed by atoms with van der Waals surface area (Å²) in [4.78, 5) is 11.4. The molecule has 0 radical (unpaired) electrons. The van der Waals surface area contributed by atoms with Crippen LogP contribution in [0.4, 0.5) is 0 Å². The molecule has 0 bridgehead atoms. The second kappa shape index (κ2) is 4.47. The van der Waals surface area contributed by atoms with Crippen molar-refractivity contribution in [2.45, 2.75) is 26.3 Å². The molecule has 4 heteroatoms. The van der Waals surface area contributed by atoms with Gasteiger partial charge in [-0.25, -0.2) is 0 Å². The molecule has 0 spiro atoms. The number of nitrogens with one attached hydrogen (secondary N) is 1. The lowest BCUT2D eigenvalue weighted by molar-refractivity contribution is -0.122. The molecule has 1 aliphatic rings. The number of amides is 1. The van der Waals surface area contributed by atoms with E-state index in [1.54, 1.807) is 6.20 Å². The summed E-state index contributed by atoms with van der Waals surface area (Å²) in [5, 5.41) is 7.05. The first-order chi connectivity index (χ1) is 7.27. The van der Waals surface area contributed by atoms with Crippen LogP contribution in [0.25, 0.3) is 0 Å². The Morgan fingerprint density at radius 1 is 1.67 bits per heavy atom. The number of hydrogen-bond donors (Lipinski definition) is 1. The van der Waals surface area contributed by atoms with E-state index in [9.17, 15) is 4.79 Å². The maximum absolute atomic E-state index is 11.4. The molecule has 1 amide bonds. The van der Waals surface area contributed by atoms with Crippen molar-refractivity contribution in [1.29, 1.82) is 0 Å². The molecule has 0 saturated heterocycles. The van der Waals surface area contributed by atoms with Crippen molar-refractivity contribution >= 4 is 5.91 Å². The molecular formula is C11H17N3O. The van der Waals surface area contributed by atoms with Crippen LogP contribution in [0, 0.1) is 11.8 Å². The summed E-state index contributed by atoms with van der Waals surface area (Å²) in [5.74, 6) is 1.11. The van der Waals surface area contributed by atoms with E-state index in [0.717, 1.165) is 25.9 Å². The van der Waals surface area contributed by atoms with E-state index in [-0.39, 0.29) is 11.8 Å². The van der Waals surface area contributed by atoms with Crippen molar-refractivity contribution in [2.75, 3.05) is 6.54 Å². The van der Waals surface area contributed by atoms with Crippen molar-refractivity contribution < 1.29 is 4.79 Å². The lowest BCUT2D eigenvalue weighted by atomic mass is 10.3. The highest BCUT2D eigenvalue weighted by Gasteiger charge is 2.38. The predicted molar refractivity (Wildman–Crippen MR) is 57.1 cm³/mol. The second-order valence-corrected chi connectivity index (χ2v) is 4.23. The second-order valence-electron chi connectivity index (χ2n) is 4.23. The summed E-state index contributed by atoms with van der Waals surface area (Å²) in [6.07, 6.45) is 5.70. The van der Waals surface area contributed by atoms with Crippen LogP contribution in [0.1, 0.15) is 19.8 Å². The van der Waals surface area contributed by atoms with Gasteiger partial charge in [0.15, 0.2) is 0 Å². The van der Waals surface area contributed by atoms with E-state index >= 15 is 0 Å². The first-order valence-corrected chi connectivity index (χ1v) is 5.52. The third-order valence-electron chi connectivity index (χ3n) is 2.87. The van der Waals surface area contributed by atoms with Crippen LogP contribution < -0.4 is 5.32 Å². The van der Waals surface area contributed by atoms with E-state index in [0.29, 0.717) is 5.92 Å². The molecule has 2 rings (SSSR count). The zero-order chi connectivity index (χ0) is 10.7. The van der Waals surface area contributed by atoms with Crippen molar-refractivity contribution in [2.24, 2.45) is 11.8 Å². The summed E-state index contributed by atoms with van der Waals surface area (Å²) >= 11 is 0. The number of aryl methyl sites for hydroxylation is 1. The van der Waals surface area contributed by atoms with E-state index in [4.69, 9.17) is 0 Å². The Morgan fingerprint density at radius 2 is 2.47 bits per heavy atom. The molecule has 1 aliphatic carbocycles. The summed E-state index contributed by atoms with van der Waals surface area (Å²) in [6.45, 7) is 3.74. The largest absolute Gasteiger partial charge is 0.356 e. The molecule has 0 unspecified atom stereocenters. The predicted octanol–water partition coefficient (Wildman–Crippen LogP) is 1.05. The number of carbonyl (C=O) groups excluding carboxylic acids is 1. The van der Waals surface area contributed by atoms with Gasteiger partial charge in [-0.1, -0.05) is 6.92 Å². The van der Waals surface area contributed by atoms with Gasteiger partial charge in [-0.15, -0.1) is 0 Å². The van der Waals surface area contributed by atoms with Gasteiger partial charge in [0.1, 0.15) is 0 Å². The average molecular weight is 207 g/mol. The molecule has 1 N–H and O–H groups in total. The molecule has 15 heavy (non-hydrogen) atoms. The SMILES string of the molecule is C[C@H]1C[C@H]1C(=O)NCCCn1cccn1. The maximum Gasteiger partial charge on any atom is 0.223 e. The fourth-order valence-corrected chi connectivity index (χ4v) is 1.70. The normalized spacial score (nSPS) is 23.8. The minimum Gasteiger partial charge on any atom is -0.356 e. The molecule has 0 aromatic carbocycles. The van der Waals surface area contributed by atoms with Gasteiger partial charge < -0.3 is 5.32 Å². The summed E-state index contributed by atoms with van der Waals surface area (Å²) in [6, 6.07) is 1.91. The van der Waals surface area contributed by atoms with Gasteiger partial charge in [-0.3, -0.25) is 9.48 Å². The molecule has 2 atom stereocenters. The highest BCUT2D eigenvalue weighted by atomic mass is 16.2. The third-order valence-corrected chi connectivity index (χ3v) is 2.87. The first-order valence-electron chi connectivity index (χ1n) is 5.52. The number of nitrogens with zero attached hydrogens (tertiary/aromatic N) is 2. The van der Waals surface area contributed by atoms with E-state index < -0.39 is 0 Å². The Kier molecular flexibility index (Phi) is 3.04. The van der Waals surface area contributed by atoms with Crippen LogP contribution in [0.5, 0.6) is 0 Å². The van der Waals surface area contributed by atoms with E-state index in [1.165, 1.54) is 0 Å². The van der Waals surface area contributed by atoms with Crippen molar-refractivity contribution in [3.05, 3.63) is 18.5 Å². The Labute approximate surface area is 89.7 Å². The number of hydrogen-bond acceptors (Lipinski definition) is 2. The van der Waals surface area contributed by atoms with Gasteiger partial charge in [-0.05, 0) is 24.8 Å². The van der Waals surface area contributed by atoms with Gasteiger partial charge >= 0.3 is 0 Å². The quantitative estimate of drug-likeness (QED) is 0.733. The summed E-state index contributed by atoms with van der Waals surface area (Å²) in [5.41, 5.74) is 0. The van der Waals surface area contributed by atoms with Crippen molar-refractivity contribution in [3.63, 3.8) is 0 Å². The zero-order valence-corrected chi connectivity index (χ0v) is 9.02. The fourth-order valence-electron chi connectivity index (χ4n) is 1.70. The molecule has 82 valence electrons. The molecule has 1 fully saturated rings. The molecular weight excluding hydrogens is 190 g/mol. The van der Waals surface area contributed by atoms with Gasteiger partial charge in [0.05, 0.1) is 0 Å². The van der Waals surface area contributed by atoms with Gasteiger partial charge in [0.25, 0.3) is 0 Å². The van der Waals surface area contributed by atoms with Crippen LogP contribution in [0.15, 0.2) is 18.5 Å². The van der Waals surface area contributed by atoms with Crippen LogP contribution in [-0.4, -0.2) is 22.2 Å². The standard InChI is InChI=1S/C11H17N3O/c1-9-8-10(9)11(15)12-4-2-6-14-7-3-5-13-14/h3,5,7,9-10H,2,4,6,8H2,1H3,(H,12,15)/t9-,10+/m0/s1. The van der Waals surface area contributed by atoms with E-state index in [1.807, 2.05) is 16.9 Å². The van der Waals surface area contributed by atoms with Crippen LogP contribution in [-0.2, 0) is 11.3 Å². The first kappa shape index (κ1) is 10.2. The minimum atomic E-state index is 0.225. The van der Waals surface area contributed by atoms with Crippen LogP contribution in [0.2, 0.25) is 0 Å². The average Bonchev–Trinajstić information content (AvgIpc) is 2.77. The van der Waals surface area contributed by atoms with Crippen molar-refractivity contribution in [3.8, 4) is 0 Å². The van der Waals surface area contributed by atoms with Crippen LogP contribution >= 0.6 is 0 Å². The van der Waals surface area contributed by atoms with Crippen LogP contribution in [0.3, 0.4) is 0 Å². The topological polar surface area (TPSA) is 46.9 Å². The van der Waals surface area contributed by atoms with E-state index in [2.05, 4.69) is 17.3 Å². The highest BCUT2D eigenvalue weighted by Crippen LogP contribution is 2.37. The smallest absolute Gasteiger partial charge is 0.223 e. The molecule has 1 aromatic heterocycles. The Hall–Kier alpha value is -1.32. The molecule has 4 nitrogen and oxygen atoms in total. The van der Waals surface area contributed by atoms with Gasteiger partial charge in [0.2, 0.25) is 5.91 Å². The Morgan fingerprint density at radius 3 is 3.07 bits per heavy atom. The fraction of sp³-hybridized carbons (Fsp3) is 0.636. The molecule has 1 saturated carbocycles. The Bertz CT molecular complexity index is 321. The highest BCUT2D eigenvalue weighted by molar-refractivity contribution is 5.81. The zero-order valence-electron chi connectivity index (χ0n) is 9.02. The molecule has 1 heterocycles. The monoisotopic (exact) mass is 207 g/mol. The lowest BCUT2D eigenvalue weighted by Crippen LogP contribution is -2.27. The minimum absolute atomic E-state index is 0.225. The lowest BCUT2D eigenvalue weighted by Gasteiger charge is -2.04. The number of rotatable bonds is 5. The Balaban J connectivity index is 1.57.